The van der Waals surface area contributed by atoms with Crippen molar-refractivity contribution in [2.75, 3.05) is 6.61 Å². The SMILES string of the molecule is N[C@H](COCc1ccc(F)cc1)Cc1ccccc1. The fourth-order valence-corrected chi connectivity index (χ4v) is 1.88. The Morgan fingerprint density at radius 2 is 1.63 bits per heavy atom. The van der Waals surface area contributed by atoms with Crippen LogP contribution >= 0.6 is 0 Å². The van der Waals surface area contributed by atoms with Crippen LogP contribution in [0, 0.1) is 5.82 Å². The summed E-state index contributed by atoms with van der Waals surface area (Å²) in [5.74, 6) is -0.232. The van der Waals surface area contributed by atoms with Crippen LogP contribution < -0.4 is 5.73 Å². The van der Waals surface area contributed by atoms with E-state index in [1.165, 1.54) is 17.7 Å². The van der Waals surface area contributed by atoms with Crippen molar-refractivity contribution >= 4 is 0 Å². The highest BCUT2D eigenvalue weighted by Gasteiger charge is 2.04. The van der Waals surface area contributed by atoms with Gasteiger partial charge in [0.15, 0.2) is 0 Å². The molecule has 100 valence electrons. The molecule has 2 aromatic carbocycles. The van der Waals surface area contributed by atoms with Crippen molar-refractivity contribution in [3.05, 3.63) is 71.5 Å². The molecule has 19 heavy (non-hydrogen) atoms. The maximum Gasteiger partial charge on any atom is 0.123 e. The summed E-state index contributed by atoms with van der Waals surface area (Å²) in [4.78, 5) is 0. The Morgan fingerprint density at radius 1 is 0.947 bits per heavy atom. The first-order valence-electron chi connectivity index (χ1n) is 6.36. The first-order valence-corrected chi connectivity index (χ1v) is 6.36. The fourth-order valence-electron chi connectivity index (χ4n) is 1.88. The van der Waals surface area contributed by atoms with Gasteiger partial charge in [-0.25, -0.2) is 4.39 Å². The van der Waals surface area contributed by atoms with Crippen LogP contribution in [0.5, 0.6) is 0 Å². The molecule has 0 amide bonds. The Bertz CT molecular complexity index is 484. The van der Waals surface area contributed by atoms with Crippen LogP contribution in [0.1, 0.15) is 11.1 Å². The first-order chi connectivity index (χ1) is 9.24. The van der Waals surface area contributed by atoms with E-state index in [4.69, 9.17) is 10.5 Å². The Balaban J connectivity index is 1.72. The molecule has 0 spiro atoms. The third-order valence-electron chi connectivity index (χ3n) is 2.85. The molecule has 1 atom stereocenters. The van der Waals surface area contributed by atoms with Gasteiger partial charge in [-0.05, 0) is 29.7 Å². The summed E-state index contributed by atoms with van der Waals surface area (Å²) in [5.41, 5.74) is 8.17. The molecule has 0 fully saturated rings. The van der Waals surface area contributed by atoms with E-state index in [2.05, 4.69) is 12.1 Å². The third-order valence-corrected chi connectivity index (χ3v) is 2.85. The Kier molecular flexibility index (Phi) is 5.07. The van der Waals surface area contributed by atoms with E-state index in [-0.39, 0.29) is 11.9 Å². The standard InChI is InChI=1S/C16H18FNO/c17-15-8-6-14(7-9-15)11-19-12-16(18)10-13-4-2-1-3-5-13/h1-9,16H,10-12,18H2/t16-/m0/s1. The minimum atomic E-state index is -0.232. The molecule has 2 aromatic rings. The van der Waals surface area contributed by atoms with E-state index in [1.54, 1.807) is 12.1 Å². The van der Waals surface area contributed by atoms with Crippen LogP contribution in [0.15, 0.2) is 54.6 Å². The molecule has 0 unspecified atom stereocenters. The zero-order valence-electron chi connectivity index (χ0n) is 10.8. The first kappa shape index (κ1) is 13.7. The smallest absolute Gasteiger partial charge is 0.123 e. The lowest BCUT2D eigenvalue weighted by molar-refractivity contribution is 0.108. The van der Waals surface area contributed by atoms with E-state index in [0.29, 0.717) is 13.2 Å². The predicted molar refractivity (Wildman–Crippen MR) is 74.2 cm³/mol. The van der Waals surface area contributed by atoms with Gasteiger partial charge in [0, 0.05) is 6.04 Å². The molecule has 0 heterocycles. The fraction of sp³-hybridized carbons (Fsp3) is 0.250. The topological polar surface area (TPSA) is 35.2 Å². The van der Waals surface area contributed by atoms with E-state index in [1.807, 2.05) is 18.2 Å². The van der Waals surface area contributed by atoms with Crippen molar-refractivity contribution in [2.45, 2.75) is 19.1 Å². The van der Waals surface area contributed by atoms with Crippen LogP contribution in [-0.4, -0.2) is 12.6 Å². The Hall–Kier alpha value is -1.71. The van der Waals surface area contributed by atoms with Crippen molar-refractivity contribution < 1.29 is 9.13 Å². The van der Waals surface area contributed by atoms with Gasteiger partial charge in [0.25, 0.3) is 0 Å². The van der Waals surface area contributed by atoms with Gasteiger partial charge >= 0.3 is 0 Å². The number of rotatable bonds is 6. The predicted octanol–water partition coefficient (Wildman–Crippen LogP) is 2.91. The van der Waals surface area contributed by atoms with Gasteiger partial charge in [-0.2, -0.15) is 0 Å². The van der Waals surface area contributed by atoms with Crippen molar-refractivity contribution in [2.24, 2.45) is 5.73 Å². The monoisotopic (exact) mass is 259 g/mol. The Morgan fingerprint density at radius 3 is 2.32 bits per heavy atom. The number of hydrogen-bond acceptors (Lipinski definition) is 2. The molecule has 0 aliphatic rings. The molecule has 0 aliphatic heterocycles. The summed E-state index contributed by atoms with van der Waals surface area (Å²) in [6.45, 7) is 0.953. The minimum Gasteiger partial charge on any atom is -0.375 e. The lowest BCUT2D eigenvalue weighted by Crippen LogP contribution is -2.28. The van der Waals surface area contributed by atoms with E-state index in [0.717, 1.165) is 12.0 Å². The highest BCUT2D eigenvalue weighted by atomic mass is 19.1. The van der Waals surface area contributed by atoms with Crippen molar-refractivity contribution in [3.8, 4) is 0 Å². The van der Waals surface area contributed by atoms with Crippen molar-refractivity contribution in [3.63, 3.8) is 0 Å². The van der Waals surface area contributed by atoms with Gasteiger partial charge in [-0.1, -0.05) is 42.5 Å². The van der Waals surface area contributed by atoms with Gasteiger partial charge in [0.2, 0.25) is 0 Å². The average Bonchev–Trinajstić information content (AvgIpc) is 2.42. The van der Waals surface area contributed by atoms with Crippen LogP contribution in [0.3, 0.4) is 0 Å². The zero-order valence-corrected chi connectivity index (χ0v) is 10.8. The number of nitrogens with two attached hydrogens (primary N) is 1. The van der Waals surface area contributed by atoms with Gasteiger partial charge < -0.3 is 10.5 Å². The highest BCUT2D eigenvalue weighted by Crippen LogP contribution is 2.06. The quantitative estimate of drug-likeness (QED) is 0.865. The average molecular weight is 259 g/mol. The molecular weight excluding hydrogens is 241 g/mol. The number of benzene rings is 2. The molecule has 2 N–H and O–H groups in total. The molecule has 0 bridgehead atoms. The molecule has 2 rings (SSSR count). The van der Waals surface area contributed by atoms with Crippen LogP contribution in [0.25, 0.3) is 0 Å². The molecule has 0 saturated carbocycles. The van der Waals surface area contributed by atoms with Gasteiger partial charge in [-0.15, -0.1) is 0 Å². The van der Waals surface area contributed by atoms with Crippen LogP contribution in [0.2, 0.25) is 0 Å². The largest absolute Gasteiger partial charge is 0.375 e. The molecule has 0 aromatic heterocycles. The van der Waals surface area contributed by atoms with E-state index in [9.17, 15) is 4.39 Å². The molecule has 3 heteroatoms. The lowest BCUT2D eigenvalue weighted by atomic mass is 10.1. The number of hydrogen-bond donors (Lipinski definition) is 1. The maximum atomic E-state index is 12.7. The van der Waals surface area contributed by atoms with Gasteiger partial charge in [0.05, 0.1) is 13.2 Å². The normalized spacial score (nSPS) is 12.3. The van der Waals surface area contributed by atoms with E-state index >= 15 is 0 Å². The van der Waals surface area contributed by atoms with Gasteiger partial charge in [-0.3, -0.25) is 0 Å². The number of ether oxygens (including phenoxy) is 1. The molecular formula is C16H18FNO. The minimum absolute atomic E-state index is 0.0251. The van der Waals surface area contributed by atoms with E-state index < -0.39 is 0 Å². The summed E-state index contributed by atoms with van der Waals surface area (Å²) in [6, 6.07) is 16.4. The molecule has 0 aliphatic carbocycles. The second kappa shape index (κ2) is 7.02. The summed E-state index contributed by atoms with van der Waals surface area (Å²) in [7, 11) is 0. The van der Waals surface area contributed by atoms with Crippen molar-refractivity contribution in [1.29, 1.82) is 0 Å². The summed E-state index contributed by atoms with van der Waals surface area (Å²) in [6.07, 6.45) is 0.796. The second-order valence-corrected chi connectivity index (χ2v) is 4.59. The molecule has 0 radical (unpaired) electrons. The third kappa shape index (κ3) is 4.81. The summed E-state index contributed by atoms with van der Waals surface area (Å²) < 4.78 is 18.3. The lowest BCUT2D eigenvalue weighted by Gasteiger charge is -2.12. The maximum absolute atomic E-state index is 12.7. The summed E-state index contributed by atoms with van der Waals surface area (Å²) >= 11 is 0. The highest BCUT2D eigenvalue weighted by molar-refractivity contribution is 5.16. The van der Waals surface area contributed by atoms with Crippen LogP contribution in [-0.2, 0) is 17.8 Å². The zero-order chi connectivity index (χ0) is 13.5. The number of halogens is 1. The summed E-state index contributed by atoms with van der Waals surface area (Å²) in [5, 5.41) is 0. The molecule has 0 saturated heterocycles. The molecule has 2 nitrogen and oxygen atoms in total. The van der Waals surface area contributed by atoms with Crippen LogP contribution in [0.4, 0.5) is 4.39 Å². The Labute approximate surface area is 113 Å². The second-order valence-electron chi connectivity index (χ2n) is 4.59. The van der Waals surface area contributed by atoms with Gasteiger partial charge in [0.1, 0.15) is 5.82 Å². The van der Waals surface area contributed by atoms with Crippen molar-refractivity contribution in [1.82, 2.24) is 0 Å².